The molecule has 1 heterocycles. The zero-order chi connectivity index (χ0) is 14.5. The summed E-state index contributed by atoms with van der Waals surface area (Å²) in [5, 5.41) is 3.29. The third kappa shape index (κ3) is 3.74. The number of halogens is 1. The molecule has 3 atom stereocenters. The predicted octanol–water partition coefficient (Wildman–Crippen LogP) is 3.16. The number of benzene rings is 1. The van der Waals surface area contributed by atoms with Crippen molar-refractivity contribution in [3.05, 3.63) is 35.6 Å². The number of thioether (sulfide) groups is 1. The molecule has 0 spiro atoms. The quantitative estimate of drug-likeness (QED) is 0.898. The van der Waals surface area contributed by atoms with E-state index in [1.807, 2.05) is 30.9 Å². The molecule has 1 N–H and O–H groups in total. The Morgan fingerprint density at radius 2 is 2.20 bits per heavy atom. The number of nitrogens with zero attached hydrogens (tertiary/aromatic N) is 1. The van der Waals surface area contributed by atoms with Crippen LogP contribution in [0.25, 0.3) is 0 Å². The van der Waals surface area contributed by atoms with Crippen molar-refractivity contribution in [2.24, 2.45) is 5.92 Å². The van der Waals surface area contributed by atoms with E-state index in [9.17, 15) is 4.39 Å². The molecule has 1 aromatic rings. The Morgan fingerprint density at radius 3 is 2.85 bits per heavy atom. The highest BCUT2D eigenvalue weighted by Crippen LogP contribution is 2.26. The molecule has 4 heteroatoms. The van der Waals surface area contributed by atoms with Gasteiger partial charge in [0.1, 0.15) is 5.82 Å². The van der Waals surface area contributed by atoms with Crippen molar-refractivity contribution >= 4 is 11.8 Å². The number of nitrogens with one attached hydrogen (secondary N) is 1. The second-order valence-electron chi connectivity index (χ2n) is 5.68. The van der Waals surface area contributed by atoms with Crippen molar-refractivity contribution in [1.29, 1.82) is 0 Å². The van der Waals surface area contributed by atoms with Gasteiger partial charge in [-0.1, -0.05) is 25.1 Å². The van der Waals surface area contributed by atoms with Gasteiger partial charge in [0.15, 0.2) is 0 Å². The van der Waals surface area contributed by atoms with Crippen LogP contribution in [0.4, 0.5) is 4.39 Å². The molecule has 1 aromatic carbocycles. The topological polar surface area (TPSA) is 15.3 Å². The Hall–Kier alpha value is -0.580. The van der Waals surface area contributed by atoms with E-state index in [1.165, 1.54) is 11.5 Å². The lowest BCUT2D eigenvalue weighted by molar-refractivity contribution is 0.182. The lowest BCUT2D eigenvalue weighted by Gasteiger charge is -2.37. The summed E-state index contributed by atoms with van der Waals surface area (Å²) >= 11 is 2.03. The summed E-state index contributed by atoms with van der Waals surface area (Å²) in [5.74, 6) is 2.68. The van der Waals surface area contributed by atoms with Crippen molar-refractivity contribution in [2.75, 3.05) is 31.6 Å². The first-order valence-corrected chi connectivity index (χ1v) is 8.52. The van der Waals surface area contributed by atoms with Gasteiger partial charge >= 0.3 is 0 Å². The molecular weight excluding hydrogens is 271 g/mol. The normalized spacial score (nSPS) is 23.5. The Morgan fingerprint density at radius 1 is 1.45 bits per heavy atom. The summed E-state index contributed by atoms with van der Waals surface area (Å²) in [7, 11) is 1.92. The van der Waals surface area contributed by atoms with Crippen LogP contribution in [-0.2, 0) is 0 Å². The van der Waals surface area contributed by atoms with Crippen molar-refractivity contribution < 1.29 is 4.39 Å². The van der Waals surface area contributed by atoms with Gasteiger partial charge in [-0.25, -0.2) is 4.39 Å². The molecule has 1 saturated heterocycles. The SMILES string of the molecule is CNC(c1ccccc1F)C(C)CN1CCSCC1C. The van der Waals surface area contributed by atoms with E-state index in [-0.39, 0.29) is 11.9 Å². The molecule has 0 aromatic heterocycles. The van der Waals surface area contributed by atoms with E-state index >= 15 is 0 Å². The molecule has 2 nitrogen and oxygen atoms in total. The third-order valence-corrected chi connectivity index (χ3v) is 5.34. The van der Waals surface area contributed by atoms with Gasteiger partial charge in [-0.2, -0.15) is 11.8 Å². The smallest absolute Gasteiger partial charge is 0.127 e. The summed E-state index contributed by atoms with van der Waals surface area (Å²) < 4.78 is 14.0. The molecule has 0 bridgehead atoms. The number of hydrogen-bond donors (Lipinski definition) is 1. The molecule has 112 valence electrons. The molecule has 1 aliphatic rings. The first kappa shape index (κ1) is 15.8. The van der Waals surface area contributed by atoms with E-state index in [0.717, 1.165) is 18.7 Å². The Bertz CT molecular complexity index is 427. The van der Waals surface area contributed by atoms with Crippen molar-refractivity contribution in [3.63, 3.8) is 0 Å². The second-order valence-corrected chi connectivity index (χ2v) is 6.83. The molecular formula is C16H25FN2S. The Balaban J connectivity index is 2.05. The van der Waals surface area contributed by atoms with Gasteiger partial charge in [0.25, 0.3) is 0 Å². The summed E-state index contributed by atoms with van der Waals surface area (Å²) in [5.41, 5.74) is 0.779. The highest BCUT2D eigenvalue weighted by molar-refractivity contribution is 7.99. The maximum Gasteiger partial charge on any atom is 0.127 e. The second kappa shape index (κ2) is 7.43. The molecule has 3 unspecified atom stereocenters. The van der Waals surface area contributed by atoms with Crippen LogP contribution in [0.3, 0.4) is 0 Å². The fourth-order valence-electron chi connectivity index (χ4n) is 2.98. The fraction of sp³-hybridized carbons (Fsp3) is 0.625. The summed E-state index contributed by atoms with van der Waals surface area (Å²) in [4.78, 5) is 2.53. The van der Waals surface area contributed by atoms with Crippen LogP contribution in [0.2, 0.25) is 0 Å². The first-order valence-electron chi connectivity index (χ1n) is 7.37. The average molecular weight is 296 g/mol. The van der Waals surface area contributed by atoms with Crippen molar-refractivity contribution in [1.82, 2.24) is 10.2 Å². The van der Waals surface area contributed by atoms with Crippen LogP contribution >= 0.6 is 11.8 Å². The molecule has 1 fully saturated rings. The van der Waals surface area contributed by atoms with E-state index < -0.39 is 0 Å². The fourth-order valence-corrected chi connectivity index (χ4v) is 4.06. The van der Waals surface area contributed by atoms with E-state index in [0.29, 0.717) is 12.0 Å². The molecule has 0 saturated carbocycles. The summed E-state index contributed by atoms with van der Waals surface area (Å²) in [6.45, 7) is 6.66. The van der Waals surface area contributed by atoms with Gasteiger partial charge in [-0.15, -0.1) is 0 Å². The lowest BCUT2D eigenvalue weighted by atomic mass is 9.93. The number of rotatable bonds is 5. The highest BCUT2D eigenvalue weighted by atomic mass is 32.2. The minimum Gasteiger partial charge on any atom is -0.313 e. The Kier molecular flexibility index (Phi) is 5.87. The maximum atomic E-state index is 14.0. The van der Waals surface area contributed by atoms with Crippen molar-refractivity contribution in [2.45, 2.75) is 25.9 Å². The van der Waals surface area contributed by atoms with E-state index in [2.05, 4.69) is 24.1 Å². The van der Waals surface area contributed by atoms with Crippen LogP contribution in [-0.4, -0.2) is 42.6 Å². The zero-order valence-electron chi connectivity index (χ0n) is 12.6. The van der Waals surface area contributed by atoms with Crippen molar-refractivity contribution in [3.8, 4) is 0 Å². The van der Waals surface area contributed by atoms with Gasteiger partial charge in [0.05, 0.1) is 0 Å². The van der Waals surface area contributed by atoms with E-state index in [4.69, 9.17) is 0 Å². The molecule has 2 rings (SSSR count). The van der Waals surface area contributed by atoms with E-state index in [1.54, 1.807) is 12.1 Å². The van der Waals surface area contributed by atoms with Gasteiger partial charge in [0, 0.05) is 42.2 Å². The van der Waals surface area contributed by atoms with Gasteiger partial charge in [-0.05, 0) is 26.0 Å². The highest BCUT2D eigenvalue weighted by Gasteiger charge is 2.26. The first-order chi connectivity index (χ1) is 9.63. The van der Waals surface area contributed by atoms with Gasteiger partial charge < -0.3 is 5.32 Å². The predicted molar refractivity (Wildman–Crippen MR) is 85.7 cm³/mol. The average Bonchev–Trinajstić information content (AvgIpc) is 2.44. The van der Waals surface area contributed by atoms with Crippen LogP contribution < -0.4 is 5.32 Å². The monoisotopic (exact) mass is 296 g/mol. The lowest BCUT2D eigenvalue weighted by Crippen LogP contribution is -2.44. The molecule has 20 heavy (non-hydrogen) atoms. The van der Waals surface area contributed by atoms with Crippen LogP contribution in [0, 0.1) is 11.7 Å². The van der Waals surface area contributed by atoms with Crippen LogP contribution in [0.15, 0.2) is 24.3 Å². The largest absolute Gasteiger partial charge is 0.313 e. The zero-order valence-corrected chi connectivity index (χ0v) is 13.4. The third-order valence-electron chi connectivity index (χ3n) is 4.15. The van der Waals surface area contributed by atoms with Crippen LogP contribution in [0.1, 0.15) is 25.5 Å². The number of hydrogen-bond acceptors (Lipinski definition) is 3. The molecule has 0 amide bonds. The molecule has 1 aliphatic heterocycles. The minimum atomic E-state index is -0.110. The summed E-state index contributed by atoms with van der Waals surface area (Å²) in [6, 6.07) is 7.79. The minimum absolute atomic E-state index is 0.0676. The molecule has 0 radical (unpaired) electrons. The standard InChI is InChI=1S/C16H25FN2S/c1-12(10-19-8-9-20-11-13(19)2)16(18-3)14-6-4-5-7-15(14)17/h4-7,12-13,16,18H,8-11H2,1-3H3. The molecule has 0 aliphatic carbocycles. The van der Waals surface area contributed by atoms with Crippen LogP contribution in [0.5, 0.6) is 0 Å². The van der Waals surface area contributed by atoms with Gasteiger partial charge in [-0.3, -0.25) is 4.90 Å². The Labute approximate surface area is 126 Å². The van der Waals surface area contributed by atoms with Gasteiger partial charge in [0.2, 0.25) is 0 Å². The summed E-state index contributed by atoms with van der Waals surface area (Å²) in [6.07, 6.45) is 0. The maximum absolute atomic E-state index is 14.0.